The predicted octanol–water partition coefficient (Wildman–Crippen LogP) is 5.72. The highest BCUT2D eigenvalue weighted by Gasteiger charge is 2.24. The summed E-state index contributed by atoms with van der Waals surface area (Å²) in [5.74, 6) is 2.27. The van der Waals surface area contributed by atoms with Gasteiger partial charge in [0.15, 0.2) is 0 Å². The summed E-state index contributed by atoms with van der Waals surface area (Å²) in [6.07, 6.45) is 1.01. The van der Waals surface area contributed by atoms with Crippen LogP contribution < -0.4 is 15.4 Å². The number of anilines is 3. The lowest BCUT2D eigenvalue weighted by Gasteiger charge is -2.31. The van der Waals surface area contributed by atoms with Crippen LogP contribution in [0.1, 0.15) is 12.8 Å². The smallest absolute Gasteiger partial charge is 0.409 e. The molecule has 1 amide bonds. The first kappa shape index (κ1) is 24.8. The third kappa shape index (κ3) is 5.72. The fourth-order valence-corrected chi connectivity index (χ4v) is 4.28. The molecule has 0 spiro atoms. The van der Waals surface area contributed by atoms with E-state index in [1.807, 2.05) is 54.6 Å². The van der Waals surface area contributed by atoms with Crippen LogP contribution in [0.25, 0.3) is 10.9 Å². The number of likely N-dealkylation sites (tertiary alicyclic amines) is 1. The van der Waals surface area contributed by atoms with Crippen molar-refractivity contribution in [2.24, 2.45) is 0 Å². The number of aromatic nitrogens is 2. The van der Waals surface area contributed by atoms with Crippen molar-refractivity contribution >= 4 is 40.1 Å². The molecule has 3 aromatic carbocycles. The number of methoxy groups -OCH3 is 1. The van der Waals surface area contributed by atoms with E-state index in [1.54, 1.807) is 11.0 Å². The van der Waals surface area contributed by atoms with Crippen LogP contribution >= 0.6 is 0 Å². The Morgan fingerprint density at radius 1 is 1.00 bits per heavy atom. The predicted molar refractivity (Wildman–Crippen MR) is 143 cm³/mol. The molecule has 0 aliphatic carbocycles. The number of ether oxygens (including phenoxy) is 2. The Balaban J connectivity index is 1.37. The molecule has 1 aromatic heterocycles. The van der Waals surface area contributed by atoms with Gasteiger partial charge in [-0.2, -0.15) is 4.98 Å². The van der Waals surface area contributed by atoms with E-state index in [1.165, 1.54) is 19.2 Å². The lowest BCUT2D eigenvalue weighted by Crippen LogP contribution is -2.42. The molecule has 2 N–H and O–H groups in total. The number of nitro groups is 1. The third-order valence-corrected chi connectivity index (χ3v) is 6.25. The number of hydrogen-bond donors (Lipinski definition) is 2. The van der Waals surface area contributed by atoms with Crippen LogP contribution in [-0.4, -0.2) is 52.1 Å². The van der Waals surface area contributed by atoms with Gasteiger partial charge in [0.2, 0.25) is 5.95 Å². The quantitative estimate of drug-likeness (QED) is 0.235. The molecule has 0 radical (unpaired) electrons. The van der Waals surface area contributed by atoms with Gasteiger partial charge in [-0.1, -0.05) is 18.2 Å². The molecule has 38 heavy (non-hydrogen) atoms. The number of nitro benzene ring substituents is 1. The molecule has 11 heteroatoms. The SMILES string of the molecule is COC(=O)N1CCC(Nc2nc(Nc3ccc(Oc4ccccc4)cc3)nc3ccc([N+](=O)[O-])cc23)CC1. The van der Waals surface area contributed by atoms with Crippen molar-refractivity contribution in [3.63, 3.8) is 0 Å². The summed E-state index contributed by atoms with van der Waals surface area (Å²) in [5.41, 5.74) is 1.27. The minimum absolute atomic E-state index is 0.0236. The van der Waals surface area contributed by atoms with Crippen LogP contribution in [0.4, 0.5) is 27.9 Å². The molecule has 0 unspecified atom stereocenters. The topological polar surface area (TPSA) is 132 Å². The van der Waals surface area contributed by atoms with E-state index in [2.05, 4.69) is 20.6 Å². The van der Waals surface area contributed by atoms with E-state index >= 15 is 0 Å². The second-order valence-corrected chi connectivity index (χ2v) is 8.79. The zero-order valence-corrected chi connectivity index (χ0v) is 20.7. The van der Waals surface area contributed by atoms with Crippen molar-refractivity contribution in [3.8, 4) is 11.5 Å². The molecule has 0 bridgehead atoms. The van der Waals surface area contributed by atoms with E-state index in [9.17, 15) is 14.9 Å². The molecular weight excluding hydrogens is 488 g/mol. The lowest BCUT2D eigenvalue weighted by atomic mass is 10.1. The Labute approximate surface area is 218 Å². The number of nitrogens with one attached hydrogen (secondary N) is 2. The molecule has 0 saturated carbocycles. The standard InChI is InChI=1S/C27H26N6O5/c1-37-27(34)32-15-13-19(14-16-32)28-25-23-17-20(33(35)36)9-12-24(23)30-26(31-25)29-18-7-10-22(11-8-18)38-21-5-3-2-4-6-21/h2-12,17,19H,13-16H2,1H3,(H2,28,29,30,31). The Kier molecular flexibility index (Phi) is 7.16. The fourth-order valence-electron chi connectivity index (χ4n) is 4.28. The number of hydrogen-bond acceptors (Lipinski definition) is 9. The minimum Gasteiger partial charge on any atom is -0.457 e. The maximum Gasteiger partial charge on any atom is 0.409 e. The monoisotopic (exact) mass is 514 g/mol. The van der Waals surface area contributed by atoms with Crippen molar-refractivity contribution in [2.75, 3.05) is 30.8 Å². The van der Waals surface area contributed by atoms with E-state index in [-0.39, 0.29) is 17.8 Å². The number of benzene rings is 3. The number of amides is 1. The highest BCUT2D eigenvalue weighted by atomic mass is 16.6. The van der Waals surface area contributed by atoms with Gasteiger partial charge in [0, 0.05) is 42.3 Å². The molecule has 1 aliphatic heterocycles. The first-order valence-electron chi connectivity index (χ1n) is 12.1. The minimum atomic E-state index is -0.441. The van der Waals surface area contributed by atoms with Crippen LogP contribution in [0.15, 0.2) is 72.8 Å². The Hall–Kier alpha value is -4.93. The maximum absolute atomic E-state index is 11.8. The second-order valence-electron chi connectivity index (χ2n) is 8.79. The van der Waals surface area contributed by atoms with Crippen LogP contribution in [0.2, 0.25) is 0 Å². The van der Waals surface area contributed by atoms with Gasteiger partial charge >= 0.3 is 6.09 Å². The van der Waals surface area contributed by atoms with Gasteiger partial charge in [-0.3, -0.25) is 10.1 Å². The van der Waals surface area contributed by atoms with Gasteiger partial charge in [-0.15, -0.1) is 0 Å². The summed E-state index contributed by atoms with van der Waals surface area (Å²) in [7, 11) is 1.37. The summed E-state index contributed by atoms with van der Waals surface area (Å²) >= 11 is 0. The number of nitrogens with zero attached hydrogens (tertiary/aromatic N) is 4. The Morgan fingerprint density at radius 2 is 1.71 bits per heavy atom. The van der Waals surface area contributed by atoms with Crippen molar-refractivity contribution in [1.29, 1.82) is 0 Å². The Bertz CT molecular complexity index is 1440. The molecule has 0 atom stereocenters. The zero-order valence-electron chi connectivity index (χ0n) is 20.7. The number of fused-ring (bicyclic) bond motifs is 1. The Morgan fingerprint density at radius 3 is 2.39 bits per heavy atom. The summed E-state index contributed by atoms with van der Waals surface area (Å²) in [6.45, 7) is 1.08. The molecule has 4 aromatic rings. The highest BCUT2D eigenvalue weighted by Crippen LogP contribution is 2.30. The summed E-state index contributed by atoms with van der Waals surface area (Å²) in [4.78, 5) is 33.7. The molecule has 11 nitrogen and oxygen atoms in total. The van der Waals surface area contributed by atoms with Gasteiger partial charge in [0.05, 0.1) is 17.5 Å². The highest BCUT2D eigenvalue weighted by molar-refractivity contribution is 5.92. The molecular formula is C27H26N6O5. The first-order valence-corrected chi connectivity index (χ1v) is 12.1. The van der Waals surface area contributed by atoms with Gasteiger partial charge in [-0.05, 0) is 55.3 Å². The van der Waals surface area contributed by atoms with Gasteiger partial charge in [-0.25, -0.2) is 9.78 Å². The van der Waals surface area contributed by atoms with E-state index in [0.717, 1.165) is 11.4 Å². The van der Waals surface area contributed by atoms with Crippen LogP contribution in [0.5, 0.6) is 11.5 Å². The van der Waals surface area contributed by atoms with Gasteiger partial charge < -0.3 is 25.0 Å². The van der Waals surface area contributed by atoms with Gasteiger partial charge in [0.25, 0.3) is 5.69 Å². The number of carbonyl (C=O) groups excluding carboxylic acids is 1. The fraction of sp³-hybridized carbons (Fsp3) is 0.222. The number of rotatable bonds is 7. The van der Waals surface area contributed by atoms with Crippen molar-refractivity contribution in [1.82, 2.24) is 14.9 Å². The maximum atomic E-state index is 11.8. The van der Waals surface area contributed by atoms with E-state index in [0.29, 0.717) is 54.3 Å². The summed E-state index contributed by atoms with van der Waals surface area (Å²) in [5, 5.41) is 18.6. The zero-order chi connectivity index (χ0) is 26.5. The summed E-state index contributed by atoms with van der Waals surface area (Å²) < 4.78 is 10.7. The molecule has 1 saturated heterocycles. The number of non-ortho nitro benzene ring substituents is 1. The molecule has 1 fully saturated rings. The van der Waals surface area contributed by atoms with Crippen molar-refractivity contribution in [3.05, 3.63) is 82.9 Å². The first-order chi connectivity index (χ1) is 18.5. The second kappa shape index (κ2) is 11.0. The largest absolute Gasteiger partial charge is 0.457 e. The lowest BCUT2D eigenvalue weighted by molar-refractivity contribution is -0.384. The third-order valence-electron chi connectivity index (χ3n) is 6.25. The summed E-state index contributed by atoms with van der Waals surface area (Å²) in [6, 6.07) is 21.4. The number of carbonyl (C=O) groups is 1. The average molecular weight is 515 g/mol. The van der Waals surface area contributed by atoms with E-state index < -0.39 is 4.92 Å². The average Bonchev–Trinajstić information content (AvgIpc) is 2.94. The molecule has 194 valence electrons. The number of para-hydroxylation sites is 1. The normalized spacial score (nSPS) is 13.7. The number of piperidine rings is 1. The van der Waals surface area contributed by atoms with Crippen molar-refractivity contribution in [2.45, 2.75) is 18.9 Å². The molecule has 1 aliphatic rings. The van der Waals surface area contributed by atoms with Gasteiger partial charge in [0.1, 0.15) is 17.3 Å². The van der Waals surface area contributed by atoms with Crippen LogP contribution in [0.3, 0.4) is 0 Å². The van der Waals surface area contributed by atoms with E-state index in [4.69, 9.17) is 9.47 Å². The van der Waals surface area contributed by atoms with Crippen molar-refractivity contribution < 1.29 is 19.2 Å². The molecule has 5 rings (SSSR count). The van der Waals surface area contributed by atoms with Crippen LogP contribution in [-0.2, 0) is 4.74 Å². The van der Waals surface area contributed by atoms with Crippen LogP contribution in [0, 0.1) is 10.1 Å². The molecule has 2 heterocycles.